The molecule has 3 rings (SSSR count). The second-order valence-corrected chi connectivity index (χ2v) is 7.11. The summed E-state index contributed by atoms with van der Waals surface area (Å²) in [4.78, 5) is 14.1. The van der Waals surface area contributed by atoms with Gasteiger partial charge in [-0.25, -0.2) is 0 Å². The van der Waals surface area contributed by atoms with Gasteiger partial charge in [0.05, 0.1) is 31.0 Å². The monoisotopic (exact) mass is 458 g/mol. The second kappa shape index (κ2) is 8.93. The zero-order valence-corrected chi connectivity index (χ0v) is 16.3. The molecule has 0 aliphatic carbocycles. The van der Waals surface area contributed by atoms with Crippen LogP contribution in [0.15, 0.2) is 46.9 Å². The van der Waals surface area contributed by atoms with Crippen LogP contribution in [0, 0.1) is 0 Å². The smallest absolute Gasteiger partial charge is 0.418 e. The number of rotatable bonds is 5. The summed E-state index contributed by atoms with van der Waals surface area (Å²) in [5, 5.41) is 2.37. The normalized spacial score (nSPS) is 15.3. The fourth-order valence-electron chi connectivity index (χ4n) is 2.73. The highest BCUT2D eigenvalue weighted by atomic mass is 79.9. The molecule has 28 heavy (non-hydrogen) atoms. The van der Waals surface area contributed by atoms with Gasteiger partial charge in [-0.3, -0.25) is 9.69 Å². The number of hydrogen-bond donors (Lipinski definition) is 1. The third kappa shape index (κ3) is 5.70. The van der Waals surface area contributed by atoms with E-state index in [2.05, 4.69) is 21.2 Å². The van der Waals surface area contributed by atoms with Crippen molar-refractivity contribution in [3.63, 3.8) is 0 Å². The number of ether oxygens (including phenoxy) is 2. The molecule has 1 saturated heterocycles. The predicted molar refractivity (Wildman–Crippen MR) is 102 cm³/mol. The van der Waals surface area contributed by atoms with E-state index < -0.39 is 17.6 Å². The maximum absolute atomic E-state index is 13.3. The zero-order chi connectivity index (χ0) is 20.1. The molecule has 1 aliphatic rings. The minimum Gasteiger partial charge on any atom is -0.457 e. The lowest BCUT2D eigenvalue weighted by atomic mass is 10.1. The number of nitrogens with zero attached hydrogens (tertiary/aromatic N) is 1. The van der Waals surface area contributed by atoms with E-state index in [-0.39, 0.29) is 18.0 Å². The SMILES string of the molecule is O=C(CN1CCOCC1)Nc1cc(Oc2ccc(Br)cc2)ccc1C(F)(F)F. The van der Waals surface area contributed by atoms with Crippen LogP contribution in [-0.4, -0.2) is 43.7 Å². The fraction of sp³-hybridized carbons (Fsp3) is 0.316. The highest BCUT2D eigenvalue weighted by Gasteiger charge is 2.34. The lowest BCUT2D eigenvalue weighted by Crippen LogP contribution is -2.41. The predicted octanol–water partition coefficient (Wildman–Crippen LogP) is 4.53. The van der Waals surface area contributed by atoms with Crippen molar-refractivity contribution in [3.05, 3.63) is 52.5 Å². The Hall–Kier alpha value is -2.10. The van der Waals surface area contributed by atoms with Crippen LogP contribution in [0.2, 0.25) is 0 Å². The number of benzene rings is 2. The van der Waals surface area contributed by atoms with Crippen LogP contribution in [0.4, 0.5) is 18.9 Å². The number of carbonyl (C=O) groups excluding carboxylic acids is 1. The van der Waals surface area contributed by atoms with Crippen LogP contribution in [-0.2, 0) is 15.7 Å². The van der Waals surface area contributed by atoms with Crippen LogP contribution >= 0.6 is 15.9 Å². The van der Waals surface area contributed by atoms with E-state index in [1.165, 1.54) is 12.1 Å². The molecule has 9 heteroatoms. The van der Waals surface area contributed by atoms with Gasteiger partial charge in [0, 0.05) is 23.6 Å². The lowest BCUT2D eigenvalue weighted by Gasteiger charge is -2.26. The number of alkyl halides is 3. The molecule has 1 fully saturated rings. The van der Waals surface area contributed by atoms with Crippen molar-refractivity contribution in [2.45, 2.75) is 6.18 Å². The average Bonchev–Trinajstić information content (AvgIpc) is 2.63. The summed E-state index contributed by atoms with van der Waals surface area (Å²) >= 11 is 3.30. The van der Waals surface area contributed by atoms with Gasteiger partial charge in [-0.1, -0.05) is 15.9 Å². The summed E-state index contributed by atoms with van der Waals surface area (Å²) in [6, 6.07) is 10.2. The molecule has 1 aliphatic heterocycles. The molecule has 0 atom stereocenters. The first-order chi connectivity index (χ1) is 13.3. The summed E-state index contributed by atoms with van der Waals surface area (Å²) in [5.74, 6) is 0.138. The Labute approximate surface area is 168 Å². The van der Waals surface area contributed by atoms with E-state index in [0.29, 0.717) is 32.1 Å². The summed E-state index contributed by atoms with van der Waals surface area (Å²) in [6.07, 6.45) is -4.60. The van der Waals surface area contributed by atoms with Gasteiger partial charge in [0.1, 0.15) is 11.5 Å². The largest absolute Gasteiger partial charge is 0.457 e. The summed E-state index contributed by atoms with van der Waals surface area (Å²) in [6.45, 7) is 2.12. The maximum atomic E-state index is 13.3. The van der Waals surface area contributed by atoms with Crippen LogP contribution in [0.5, 0.6) is 11.5 Å². The molecule has 0 saturated carbocycles. The molecule has 150 valence electrons. The quantitative estimate of drug-likeness (QED) is 0.714. The minimum atomic E-state index is -4.60. The minimum absolute atomic E-state index is 0.00153. The Kier molecular flexibility index (Phi) is 6.58. The van der Waals surface area contributed by atoms with E-state index in [0.717, 1.165) is 10.5 Å². The summed E-state index contributed by atoms with van der Waals surface area (Å²) in [5.41, 5.74) is -1.26. The second-order valence-electron chi connectivity index (χ2n) is 6.20. The van der Waals surface area contributed by atoms with Gasteiger partial charge in [0.15, 0.2) is 0 Å². The maximum Gasteiger partial charge on any atom is 0.418 e. The van der Waals surface area contributed by atoms with Crippen molar-refractivity contribution in [1.82, 2.24) is 4.90 Å². The Morgan fingerprint density at radius 1 is 1.11 bits per heavy atom. The highest BCUT2D eigenvalue weighted by molar-refractivity contribution is 9.10. The first-order valence-electron chi connectivity index (χ1n) is 8.56. The topological polar surface area (TPSA) is 50.8 Å². The van der Waals surface area contributed by atoms with Gasteiger partial charge < -0.3 is 14.8 Å². The number of hydrogen-bond acceptors (Lipinski definition) is 4. The van der Waals surface area contributed by atoms with E-state index in [1.807, 2.05) is 4.90 Å². The molecule has 0 unspecified atom stereocenters. The molecule has 1 heterocycles. The Bertz CT molecular complexity index is 822. The van der Waals surface area contributed by atoms with Crippen molar-refractivity contribution >= 4 is 27.5 Å². The molecule has 1 N–H and O–H groups in total. The van der Waals surface area contributed by atoms with E-state index in [1.54, 1.807) is 24.3 Å². The number of amides is 1. The van der Waals surface area contributed by atoms with Crippen LogP contribution in [0.3, 0.4) is 0 Å². The molecule has 1 amide bonds. The third-order valence-corrected chi connectivity index (χ3v) is 4.62. The Morgan fingerprint density at radius 2 is 1.75 bits per heavy atom. The van der Waals surface area contributed by atoms with Gasteiger partial charge in [0.2, 0.25) is 5.91 Å². The summed E-state index contributed by atoms with van der Waals surface area (Å²) in [7, 11) is 0. The molecule has 5 nitrogen and oxygen atoms in total. The van der Waals surface area contributed by atoms with Gasteiger partial charge in [0.25, 0.3) is 0 Å². The zero-order valence-electron chi connectivity index (χ0n) is 14.8. The van der Waals surface area contributed by atoms with Crippen LogP contribution < -0.4 is 10.1 Å². The fourth-order valence-corrected chi connectivity index (χ4v) is 2.99. The molecule has 2 aromatic rings. The van der Waals surface area contributed by atoms with E-state index in [4.69, 9.17) is 9.47 Å². The molecule has 0 spiro atoms. The molecule has 0 bridgehead atoms. The highest BCUT2D eigenvalue weighted by Crippen LogP contribution is 2.37. The van der Waals surface area contributed by atoms with Crippen molar-refractivity contribution in [3.8, 4) is 11.5 Å². The first-order valence-corrected chi connectivity index (χ1v) is 9.35. The van der Waals surface area contributed by atoms with Crippen molar-refractivity contribution in [1.29, 1.82) is 0 Å². The van der Waals surface area contributed by atoms with Crippen LogP contribution in [0.25, 0.3) is 0 Å². The number of morpholine rings is 1. The van der Waals surface area contributed by atoms with Crippen LogP contribution in [0.1, 0.15) is 5.56 Å². The molecular formula is C19H18BrF3N2O3. The first kappa shape index (κ1) is 20.6. The Balaban J connectivity index is 1.77. The van der Waals surface area contributed by atoms with Crippen molar-refractivity contribution < 1.29 is 27.4 Å². The van der Waals surface area contributed by atoms with Crippen molar-refractivity contribution in [2.24, 2.45) is 0 Å². The number of halogens is 4. The van der Waals surface area contributed by atoms with Gasteiger partial charge in [-0.15, -0.1) is 0 Å². The summed E-state index contributed by atoms with van der Waals surface area (Å²) < 4.78 is 51.7. The Morgan fingerprint density at radius 3 is 2.39 bits per heavy atom. The number of carbonyl (C=O) groups is 1. The molecule has 2 aromatic carbocycles. The van der Waals surface area contributed by atoms with Gasteiger partial charge in [-0.05, 0) is 36.4 Å². The van der Waals surface area contributed by atoms with E-state index in [9.17, 15) is 18.0 Å². The molecule has 0 aromatic heterocycles. The van der Waals surface area contributed by atoms with E-state index >= 15 is 0 Å². The third-order valence-electron chi connectivity index (χ3n) is 4.09. The molecule has 0 radical (unpaired) electrons. The number of anilines is 1. The number of nitrogens with one attached hydrogen (secondary N) is 1. The van der Waals surface area contributed by atoms with Gasteiger partial charge in [-0.2, -0.15) is 13.2 Å². The lowest BCUT2D eigenvalue weighted by molar-refractivity contribution is -0.137. The standard InChI is InChI=1S/C19H18BrF3N2O3/c20-13-1-3-14(4-2-13)28-15-5-6-16(19(21,22)23)17(11-15)24-18(26)12-25-7-9-27-10-8-25/h1-6,11H,7-10,12H2,(H,24,26). The average molecular weight is 459 g/mol. The van der Waals surface area contributed by atoms with Gasteiger partial charge >= 0.3 is 6.18 Å². The molecular weight excluding hydrogens is 441 g/mol. The van der Waals surface area contributed by atoms with Crippen molar-refractivity contribution in [2.75, 3.05) is 38.2 Å².